The first-order valence-corrected chi connectivity index (χ1v) is 8.38. The molecule has 4 N–H and O–H groups in total. The summed E-state index contributed by atoms with van der Waals surface area (Å²) in [5.74, 6) is -7.97. The third kappa shape index (κ3) is 5.01. The lowest BCUT2D eigenvalue weighted by Gasteiger charge is -2.07. The molecule has 31 heavy (non-hydrogen) atoms. The molecule has 2 aliphatic rings. The molecule has 6 nitrogen and oxygen atoms in total. The van der Waals surface area contributed by atoms with Crippen LogP contribution in [0.4, 0.5) is 26.3 Å². The second kappa shape index (κ2) is 9.58. The molecule has 0 saturated heterocycles. The molecule has 0 aromatic heterocycles. The van der Waals surface area contributed by atoms with Crippen molar-refractivity contribution in [1.29, 1.82) is 0 Å². The summed E-state index contributed by atoms with van der Waals surface area (Å²) in [6.07, 6.45) is 0. The lowest BCUT2D eigenvalue weighted by atomic mass is 10.1. The third-order valence-electron chi connectivity index (χ3n) is 4.19. The zero-order chi connectivity index (χ0) is 22.0. The van der Waals surface area contributed by atoms with Crippen LogP contribution in [0.15, 0.2) is 34.3 Å². The summed E-state index contributed by atoms with van der Waals surface area (Å²) in [5, 5.41) is 0. The van der Waals surface area contributed by atoms with Crippen molar-refractivity contribution in [3.63, 3.8) is 0 Å². The third-order valence-corrected chi connectivity index (χ3v) is 4.19. The van der Waals surface area contributed by atoms with Gasteiger partial charge in [0.25, 0.3) is 12.0 Å². The summed E-state index contributed by atoms with van der Waals surface area (Å²) in [6, 6.07) is 2.37. The minimum atomic E-state index is -1.51. The van der Waals surface area contributed by atoms with Crippen LogP contribution in [-0.2, 0) is 9.47 Å². The molecule has 0 spiro atoms. The van der Waals surface area contributed by atoms with E-state index in [1.54, 1.807) is 0 Å². The molecule has 2 aromatic rings. The highest BCUT2D eigenvalue weighted by Crippen LogP contribution is 2.28. The Balaban J connectivity index is 0.000000213. The van der Waals surface area contributed by atoms with Crippen LogP contribution in [0.3, 0.4) is 0 Å². The van der Waals surface area contributed by atoms with Crippen LogP contribution in [0.2, 0.25) is 0 Å². The maximum atomic E-state index is 13.3. The van der Waals surface area contributed by atoms with Gasteiger partial charge in [0.15, 0.2) is 34.9 Å². The number of aliphatic imine (C=N–C) groups is 2. The van der Waals surface area contributed by atoms with Crippen LogP contribution in [-0.4, -0.2) is 25.3 Å². The molecule has 2 heterocycles. The van der Waals surface area contributed by atoms with Crippen molar-refractivity contribution in [2.45, 2.75) is 19.5 Å². The Morgan fingerprint density at radius 2 is 1.00 bits per heavy atom. The highest BCUT2D eigenvalue weighted by molar-refractivity contribution is 5.73. The van der Waals surface area contributed by atoms with Gasteiger partial charge in [-0.2, -0.15) is 0 Å². The highest BCUT2D eigenvalue weighted by Gasteiger charge is 2.26. The lowest BCUT2D eigenvalue weighted by molar-refractivity contribution is 0.310. The Kier molecular flexibility index (Phi) is 7.37. The van der Waals surface area contributed by atoms with Crippen LogP contribution in [0.5, 0.6) is 0 Å². The van der Waals surface area contributed by atoms with Gasteiger partial charge in [0.1, 0.15) is 25.3 Å². The minimum absolute atomic E-state index is 0. The van der Waals surface area contributed by atoms with Gasteiger partial charge in [0, 0.05) is 11.1 Å². The van der Waals surface area contributed by atoms with E-state index in [1.807, 2.05) is 0 Å². The van der Waals surface area contributed by atoms with Gasteiger partial charge >= 0.3 is 0 Å². The molecular weight excluding hydrogens is 430 g/mol. The van der Waals surface area contributed by atoms with Crippen molar-refractivity contribution in [1.82, 2.24) is 0 Å². The molecule has 0 aliphatic carbocycles. The molecule has 0 bridgehead atoms. The van der Waals surface area contributed by atoms with E-state index >= 15 is 0 Å². The monoisotopic (exact) mass is 448 g/mol. The van der Waals surface area contributed by atoms with Crippen LogP contribution < -0.4 is 11.5 Å². The lowest BCUT2D eigenvalue weighted by Crippen LogP contribution is -2.10. The van der Waals surface area contributed by atoms with Gasteiger partial charge in [-0.25, -0.2) is 36.3 Å². The van der Waals surface area contributed by atoms with Crippen LogP contribution in [0.1, 0.15) is 30.6 Å². The first-order valence-electron chi connectivity index (χ1n) is 8.38. The van der Waals surface area contributed by atoms with Crippen molar-refractivity contribution >= 4 is 12.0 Å². The second-order valence-corrected chi connectivity index (χ2v) is 6.12. The molecule has 0 radical (unpaired) electrons. The standard InChI is InChI=1S/2C9H7F3N2O.CH4/c2*10-5-2-1-4(7(11)8(5)12)6-3-15-9(13)14-6;/h2*1-2,6H,3H2,(H2,13,14);1H4/t2*6-;/m10./s1. The number of halogens is 6. The zero-order valence-corrected chi connectivity index (χ0v) is 15.0. The fraction of sp³-hybridized carbons (Fsp3) is 0.263. The molecule has 168 valence electrons. The molecule has 2 atom stereocenters. The van der Waals surface area contributed by atoms with Gasteiger partial charge < -0.3 is 20.9 Å². The number of nitrogens with two attached hydrogens (primary N) is 2. The molecular formula is C19H18F6N4O2. The van der Waals surface area contributed by atoms with Gasteiger partial charge in [-0.05, 0) is 12.1 Å². The van der Waals surface area contributed by atoms with E-state index in [4.69, 9.17) is 20.9 Å². The molecule has 12 heteroatoms. The molecule has 4 rings (SSSR count). The first kappa shape index (κ1) is 23.8. The van der Waals surface area contributed by atoms with Crippen molar-refractivity contribution in [3.8, 4) is 0 Å². The van der Waals surface area contributed by atoms with Crippen LogP contribution in [0, 0.1) is 34.9 Å². The summed E-state index contributed by atoms with van der Waals surface area (Å²) in [4.78, 5) is 7.47. The quantitative estimate of drug-likeness (QED) is 0.542. The number of amidine groups is 2. The zero-order valence-electron chi connectivity index (χ0n) is 15.0. The normalized spacial score (nSPS) is 19.3. The summed E-state index contributed by atoms with van der Waals surface area (Å²) in [6.45, 7) is 0.0711. The maximum absolute atomic E-state index is 13.3. The van der Waals surface area contributed by atoms with Gasteiger partial charge in [0.2, 0.25) is 0 Å². The van der Waals surface area contributed by atoms with Crippen molar-refractivity contribution in [2.75, 3.05) is 13.2 Å². The predicted octanol–water partition coefficient (Wildman–Crippen LogP) is 3.62. The molecule has 2 aromatic carbocycles. The summed E-state index contributed by atoms with van der Waals surface area (Å²) in [7, 11) is 0. The van der Waals surface area contributed by atoms with E-state index in [-0.39, 0.29) is 43.8 Å². The van der Waals surface area contributed by atoms with Crippen molar-refractivity contribution in [3.05, 3.63) is 70.3 Å². The van der Waals surface area contributed by atoms with E-state index < -0.39 is 47.0 Å². The number of hydrogen-bond acceptors (Lipinski definition) is 6. The predicted molar refractivity (Wildman–Crippen MR) is 100.0 cm³/mol. The number of ether oxygens (including phenoxy) is 2. The minimum Gasteiger partial charge on any atom is -0.463 e. The molecule has 0 saturated carbocycles. The summed E-state index contributed by atoms with van der Waals surface area (Å²) >= 11 is 0. The van der Waals surface area contributed by atoms with Gasteiger partial charge in [-0.3, -0.25) is 0 Å². The first-order chi connectivity index (χ1) is 14.2. The Morgan fingerprint density at radius 3 is 1.29 bits per heavy atom. The van der Waals surface area contributed by atoms with E-state index in [1.165, 1.54) is 0 Å². The fourth-order valence-electron chi connectivity index (χ4n) is 2.70. The average molecular weight is 448 g/mol. The van der Waals surface area contributed by atoms with Crippen molar-refractivity contribution < 1.29 is 35.8 Å². The number of benzene rings is 2. The van der Waals surface area contributed by atoms with Gasteiger partial charge in [0.05, 0.1) is 0 Å². The highest BCUT2D eigenvalue weighted by atomic mass is 19.2. The van der Waals surface area contributed by atoms with E-state index in [2.05, 4.69) is 9.98 Å². The number of rotatable bonds is 2. The van der Waals surface area contributed by atoms with Gasteiger partial charge in [-0.1, -0.05) is 19.6 Å². The van der Waals surface area contributed by atoms with E-state index in [0.29, 0.717) is 0 Å². The molecule has 0 fully saturated rings. The Bertz CT molecular complexity index is 949. The summed E-state index contributed by atoms with van der Waals surface area (Å²) < 4.78 is 87.1. The molecule has 0 amide bonds. The smallest absolute Gasteiger partial charge is 0.282 e. The topological polar surface area (TPSA) is 95.2 Å². The van der Waals surface area contributed by atoms with E-state index in [0.717, 1.165) is 24.3 Å². The largest absolute Gasteiger partial charge is 0.463 e. The molecule has 2 aliphatic heterocycles. The van der Waals surface area contributed by atoms with Crippen LogP contribution in [0.25, 0.3) is 0 Å². The fourth-order valence-corrected chi connectivity index (χ4v) is 2.70. The van der Waals surface area contributed by atoms with Crippen LogP contribution >= 0.6 is 0 Å². The summed E-state index contributed by atoms with van der Waals surface area (Å²) in [5.41, 5.74) is 10.3. The second-order valence-electron chi connectivity index (χ2n) is 6.12. The Morgan fingerprint density at radius 1 is 0.645 bits per heavy atom. The maximum Gasteiger partial charge on any atom is 0.282 e. The van der Waals surface area contributed by atoms with E-state index in [9.17, 15) is 26.3 Å². The van der Waals surface area contributed by atoms with Gasteiger partial charge in [-0.15, -0.1) is 0 Å². The molecule has 0 unspecified atom stereocenters. The Hall–Kier alpha value is -3.44. The average Bonchev–Trinajstić information content (AvgIpc) is 3.33. The number of nitrogens with zero attached hydrogens (tertiary/aromatic N) is 2. The Labute approximate surface area is 173 Å². The number of hydrogen-bond donors (Lipinski definition) is 2. The van der Waals surface area contributed by atoms with Crippen molar-refractivity contribution in [2.24, 2.45) is 21.5 Å². The SMILES string of the molecule is C.NC1=N[C@@H](c2ccc(F)c(F)c2F)CO1.NC1=N[C@H](c2ccc(F)c(F)c2F)CO1.